The number of hydrogen-bond donors (Lipinski definition) is 1. The minimum absolute atomic E-state index is 0.246. The van der Waals surface area contributed by atoms with Crippen LogP contribution in [0, 0.1) is 11.3 Å². The fourth-order valence-electron chi connectivity index (χ4n) is 4.07. The molecule has 1 aromatic heterocycles. The first-order valence-corrected chi connectivity index (χ1v) is 11.9. The van der Waals surface area contributed by atoms with E-state index in [9.17, 15) is 14.9 Å². The van der Waals surface area contributed by atoms with E-state index >= 15 is 0 Å². The number of esters is 1. The van der Waals surface area contributed by atoms with Crippen molar-refractivity contribution in [2.45, 2.75) is 31.6 Å². The van der Waals surface area contributed by atoms with Gasteiger partial charge in [0.1, 0.15) is 5.00 Å². The van der Waals surface area contributed by atoms with Crippen LogP contribution in [0.15, 0.2) is 59.1 Å². The number of halogens is 1. The molecule has 3 aromatic rings. The third-order valence-corrected chi connectivity index (χ3v) is 7.38. The third kappa shape index (κ3) is 4.21. The van der Waals surface area contributed by atoms with Gasteiger partial charge in [0, 0.05) is 21.3 Å². The van der Waals surface area contributed by atoms with Gasteiger partial charge in [-0.15, -0.1) is 11.3 Å². The molecule has 162 valence electrons. The molecule has 0 fully saturated rings. The summed E-state index contributed by atoms with van der Waals surface area (Å²) in [7, 11) is 0. The molecule has 0 bridgehead atoms. The Morgan fingerprint density at radius 2 is 1.91 bits per heavy atom. The average Bonchev–Trinajstić information content (AvgIpc) is 3.16. The van der Waals surface area contributed by atoms with E-state index in [1.165, 1.54) is 11.3 Å². The molecule has 1 amide bonds. The Morgan fingerprint density at radius 3 is 2.56 bits per heavy atom. The van der Waals surface area contributed by atoms with Gasteiger partial charge in [-0.1, -0.05) is 46.3 Å². The number of benzene rings is 2. The summed E-state index contributed by atoms with van der Waals surface area (Å²) in [6.45, 7) is 2.00. The quantitative estimate of drug-likeness (QED) is 0.435. The van der Waals surface area contributed by atoms with E-state index in [1.807, 2.05) is 30.3 Å². The van der Waals surface area contributed by atoms with Crippen molar-refractivity contribution in [3.8, 4) is 6.07 Å². The number of nitrogens with zero attached hydrogens (tertiary/aromatic N) is 1. The molecule has 0 aliphatic heterocycles. The van der Waals surface area contributed by atoms with E-state index in [-0.39, 0.29) is 12.5 Å². The van der Waals surface area contributed by atoms with E-state index < -0.39 is 11.4 Å². The van der Waals surface area contributed by atoms with Gasteiger partial charge in [0.05, 0.1) is 23.7 Å². The lowest BCUT2D eigenvalue weighted by molar-refractivity contribution is 0.0526. The van der Waals surface area contributed by atoms with Crippen molar-refractivity contribution < 1.29 is 14.3 Å². The summed E-state index contributed by atoms with van der Waals surface area (Å²) in [6, 6.07) is 19.3. The fourth-order valence-corrected chi connectivity index (χ4v) is 5.68. The second-order valence-electron chi connectivity index (χ2n) is 7.63. The summed E-state index contributed by atoms with van der Waals surface area (Å²) < 4.78 is 6.18. The van der Waals surface area contributed by atoms with Gasteiger partial charge < -0.3 is 10.1 Å². The highest BCUT2D eigenvalue weighted by Gasteiger charge is 2.40. The van der Waals surface area contributed by atoms with Gasteiger partial charge in [-0.05, 0) is 55.2 Å². The molecule has 1 atom stereocenters. The Morgan fingerprint density at radius 1 is 1.19 bits per heavy atom. The molecule has 32 heavy (non-hydrogen) atoms. The highest BCUT2D eigenvalue weighted by atomic mass is 79.9. The van der Waals surface area contributed by atoms with Crippen molar-refractivity contribution in [1.82, 2.24) is 0 Å². The van der Waals surface area contributed by atoms with Crippen LogP contribution in [0.5, 0.6) is 0 Å². The maximum atomic E-state index is 12.9. The van der Waals surface area contributed by atoms with Gasteiger partial charge in [0.15, 0.2) is 0 Å². The van der Waals surface area contributed by atoms with Crippen LogP contribution in [0.3, 0.4) is 0 Å². The van der Waals surface area contributed by atoms with Crippen LogP contribution in [0.2, 0.25) is 0 Å². The molecule has 5 nitrogen and oxygen atoms in total. The molecular formula is C25H21BrN2O3S. The number of thiophene rings is 1. The van der Waals surface area contributed by atoms with Crippen molar-refractivity contribution in [3.05, 3.63) is 86.2 Å². The molecule has 4 rings (SSSR count). The Balaban J connectivity index is 1.72. The van der Waals surface area contributed by atoms with Crippen molar-refractivity contribution in [1.29, 1.82) is 5.26 Å². The zero-order valence-electron chi connectivity index (χ0n) is 17.5. The fraction of sp³-hybridized carbons (Fsp3) is 0.240. The van der Waals surface area contributed by atoms with Crippen LogP contribution >= 0.6 is 27.3 Å². The summed E-state index contributed by atoms with van der Waals surface area (Å²) >= 11 is 4.73. The summed E-state index contributed by atoms with van der Waals surface area (Å²) in [6.07, 6.45) is 1.66. The van der Waals surface area contributed by atoms with Crippen LogP contribution < -0.4 is 5.32 Å². The van der Waals surface area contributed by atoms with E-state index in [1.54, 1.807) is 31.2 Å². The number of carbonyl (C=O) groups is 2. The van der Waals surface area contributed by atoms with Gasteiger partial charge in [0.2, 0.25) is 0 Å². The van der Waals surface area contributed by atoms with Crippen molar-refractivity contribution in [2.75, 3.05) is 11.9 Å². The van der Waals surface area contributed by atoms with E-state index in [4.69, 9.17) is 4.74 Å². The molecule has 0 saturated carbocycles. The van der Waals surface area contributed by atoms with Crippen molar-refractivity contribution >= 4 is 44.1 Å². The summed E-state index contributed by atoms with van der Waals surface area (Å²) in [4.78, 5) is 26.6. The molecule has 1 unspecified atom stereocenters. The monoisotopic (exact) mass is 508 g/mol. The number of carbonyl (C=O) groups excluding carboxylic acids is 2. The smallest absolute Gasteiger partial charge is 0.341 e. The lowest BCUT2D eigenvalue weighted by Gasteiger charge is -2.31. The Labute approximate surface area is 199 Å². The predicted molar refractivity (Wildman–Crippen MR) is 128 cm³/mol. The van der Waals surface area contributed by atoms with Crippen molar-refractivity contribution in [2.24, 2.45) is 0 Å². The predicted octanol–water partition coefficient (Wildman–Crippen LogP) is 5.89. The number of ether oxygens (including phenoxy) is 1. The molecule has 1 aliphatic rings. The Kier molecular flexibility index (Phi) is 6.45. The highest BCUT2D eigenvalue weighted by Crippen LogP contribution is 2.45. The van der Waals surface area contributed by atoms with Gasteiger partial charge in [-0.3, -0.25) is 4.79 Å². The second-order valence-corrected chi connectivity index (χ2v) is 9.65. The first kappa shape index (κ1) is 22.3. The molecular weight excluding hydrogens is 488 g/mol. The molecule has 1 heterocycles. The maximum absolute atomic E-state index is 12.9. The summed E-state index contributed by atoms with van der Waals surface area (Å²) in [5, 5.41) is 13.5. The van der Waals surface area contributed by atoms with Gasteiger partial charge >= 0.3 is 5.97 Å². The summed E-state index contributed by atoms with van der Waals surface area (Å²) in [5.41, 5.74) is 2.10. The number of rotatable bonds is 5. The second kappa shape index (κ2) is 9.27. The topological polar surface area (TPSA) is 79.2 Å². The van der Waals surface area contributed by atoms with Crippen molar-refractivity contribution in [3.63, 3.8) is 0 Å². The van der Waals surface area contributed by atoms with Crippen LogP contribution in [0.25, 0.3) is 0 Å². The highest BCUT2D eigenvalue weighted by molar-refractivity contribution is 9.10. The van der Waals surface area contributed by atoms with Crippen LogP contribution in [-0.2, 0) is 23.0 Å². The largest absolute Gasteiger partial charge is 0.462 e. The number of nitrogens with one attached hydrogen (secondary N) is 1. The SMILES string of the molecule is CCOC(=O)c1c(NC(=O)c2ccc(Br)cc2)sc2c1CCC(C#N)(c1ccccc1)C2. The normalized spacial score (nSPS) is 17.2. The zero-order chi connectivity index (χ0) is 22.7. The maximum Gasteiger partial charge on any atom is 0.341 e. The molecule has 7 heteroatoms. The van der Waals surface area contributed by atoms with Gasteiger partial charge in [-0.2, -0.15) is 5.26 Å². The average molecular weight is 509 g/mol. The van der Waals surface area contributed by atoms with E-state index in [0.717, 1.165) is 20.5 Å². The lowest BCUT2D eigenvalue weighted by atomic mass is 9.70. The van der Waals surface area contributed by atoms with E-state index in [0.29, 0.717) is 35.4 Å². The lowest BCUT2D eigenvalue weighted by Crippen LogP contribution is -2.31. The number of hydrogen-bond acceptors (Lipinski definition) is 5. The summed E-state index contributed by atoms with van der Waals surface area (Å²) in [5.74, 6) is -0.739. The Hall–Kier alpha value is -2.95. The zero-order valence-corrected chi connectivity index (χ0v) is 19.9. The van der Waals surface area contributed by atoms with Crippen LogP contribution in [0.1, 0.15) is 50.1 Å². The van der Waals surface area contributed by atoms with Gasteiger partial charge in [0.25, 0.3) is 5.91 Å². The Bertz CT molecular complexity index is 1200. The molecule has 0 spiro atoms. The first-order chi connectivity index (χ1) is 15.5. The minimum atomic E-state index is -0.655. The third-order valence-electron chi connectivity index (χ3n) is 5.71. The molecule has 0 radical (unpaired) electrons. The van der Waals surface area contributed by atoms with Crippen LogP contribution in [0.4, 0.5) is 5.00 Å². The number of amides is 1. The molecule has 2 aromatic carbocycles. The standard InChI is InChI=1S/C25H21BrN2O3S/c1-2-31-24(30)21-19-12-13-25(15-27,17-6-4-3-5-7-17)14-20(19)32-23(21)28-22(29)16-8-10-18(26)11-9-16/h3-11H,2,12-14H2,1H3,(H,28,29). The van der Waals surface area contributed by atoms with Crippen LogP contribution in [-0.4, -0.2) is 18.5 Å². The number of fused-ring (bicyclic) bond motifs is 1. The molecule has 0 saturated heterocycles. The molecule has 1 N–H and O–H groups in total. The number of anilines is 1. The first-order valence-electron chi connectivity index (χ1n) is 10.3. The number of nitriles is 1. The van der Waals surface area contributed by atoms with E-state index in [2.05, 4.69) is 27.3 Å². The molecule has 1 aliphatic carbocycles. The minimum Gasteiger partial charge on any atom is -0.462 e. The van der Waals surface area contributed by atoms with Gasteiger partial charge in [-0.25, -0.2) is 4.79 Å².